The van der Waals surface area contributed by atoms with Gasteiger partial charge in [-0.05, 0) is 24.1 Å². The van der Waals surface area contributed by atoms with Crippen molar-refractivity contribution >= 4 is 0 Å². The molecule has 96 valence electrons. The second-order valence-corrected chi connectivity index (χ2v) is 3.80. The van der Waals surface area contributed by atoms with Crippen molar-refractivity contribution in [2.45, 2.75) is 13.0 Å². The average molecular weight is 239 g/mol. The molecule has 17 heavy (non-hydrogen) atoms. The van der Waals surface area contributed by atoms with Gasteiger partial charge in [0.2, 0.25) is 0 Å². The molecule has 0 aliphatic carbocycles. The van der Waals surface area contributed by atoms with Crippen LogP contribution in [-0.2, 0) is 16.0 Å². The van der Waals surface area contributed by atoms with E-state index in [0.29, 0.717) is 12.4 Å². The molecule has 0 atom stereocenters. The van der Waals surface area contributed by atoms with Crippen LogP contribution >= 0.6 is 0 Å². The number of aromatic hydroxyl groups is 1. The SMILES string of the molecule is COCCCOCCNCc1ccc(O)cc1. The first-order valence-electron chi connectivity index (χ1n) is 5.88. The van der Waals surface area contributed by atoms with Crippen molar-refractivity contribution < 1.29 is 14.6 Å². The summed E-state index contributed by atoms with van der Waals surface area (Å²) in [6, 6.07) is 7.19. The molecule has 2 N–H and O–H groups in total. The summed E-state index contributed by atoms with van der Waals surface area (Å²) in [6.07, 6.45) is 0.939. The lowest BCUT2D eigenvalue weighted by Crippen LogP contribution is -2.19. The average Bonchev–Trinajstić information content (AvgIpc) is 2.35. The number of ether oxygens (including phenoxy) is 2. The number of phenolic OH excluding ortho intramolecular Hbond substituents is 1. The summed E-state index contributed by atoms with van der Waals surface area (Å²) in [4.78, 5) is 0. The fourth-order valence-electron chi connectivity index (χ4n) is 1.40. The standard InChI is InChI=1S/C13H21NO3/c1-16-8-2-9-17-10-7-14-11-12-3-5-13(15)6-4-12/h3-6,14-15H,2,7-11H2,1H3. The Bertz CT molecular complexity index is 287. The molecule has 0 fully saturated rings. The first kappa shape index (κ1) is 14.0. The summed E-state index contributed by atoms with van der Waals surface area (Å²) in [5, 5.41) is 12.4. The van der Waals surface area contributed by atoms with E-state index in [1.807, 2.05) is 12.1 Å². The first-order valence-corrected chi connectivity index (χ1v) is 5.88. The predicted octanol–water partition coefficient (Wildman–Crippen LogP) is 1.53. The Balaban J connectivity index is 1.95. The highest BCUT2D eigenvalue weighted by molar-refractivity contribution is 5.25. The van der Waals surface area contributed by atoms with Gasteiger partial charge >= 0.3 is 0 Å². The molecule has 1 aromatic carbocycles. The van der Waals surface area contributed by atoms with E-state index in [1.165, 1.54) is 0 Å². The molecule has 0 aliphatic rings. The van der Waals surface area contributed by atoms with Crippen molar-refractivity contribution in [3.63, 3.8) is 0 Å². The molecular formula is C13H21NO3. The minimum atomic E-state index is 0.301. The third-order valence-electron chi connectivity index (χ3n) is 2.33. The van der Waals surface area contributed by atoms with Gasteiger partial charge in [0.15, 0.2) is 0 Å². The van der Waals surface area contributed by atoms with Crippen molar-refractivity contribution in [2.24, 2.45) is 0 Å². The van der Waals surface area contributed by atoms with Gasteiger partial charge in [-0.3, -0.25) is 0 Å². The molecule has 4 nitrogen and oxygen atoms in total. The fourth-order valence-corrected chi connectivity index (χ4v) is 1.40. The van der Waals surface area contributed by atoms with E-state index in [1.54, 1.807) is 19.2 Å². The lowest BCUT2D eigenvalue weighted by Gasteiger charge is -2.06. The summed E-state index contributed by atoms with van der Waals surface area (Å²) in [5.41, 5.74) is 1.15. The van der Waals surface area contributed by atoms with Gasteiger partial charge in [-0.1, -0.05) is 12.1 Å². The van der Waals surface area contributed by atoms with Crippen LogP contribution in [-0.4, -0.2) is 38.6 Å². The molecule has 0 heterocycles. The fraction of sp³-hybridized carbons (Fsp3) is 0.538. The Morgan fingerprint density at radius 1 is 1.12 bits per heavy atom. The normalized spacial score (nSPS) is 10.6. The minimum absolute atomic E-state index is 0.301. The highest BCUT2D eigenvalue weighted by Gasteiger charge is 1.93. The summed E-state index contributed by atoms with van der Waals surface area (Å²) < 4.78 is 10.3. The van der Waals surface area contributed by atoms with Gasteiger partial charge in [-0.2, -0.15) is 0 Å². The zero-order valence-electron chi connectivity index (χ0n) is 10.3. The summed E-state index contributed by atoms with van der Waals surface area (Å²) in [5.74, 6) is 0.301. The van der Waals surface area contributed by atoms with Crippen molar-refractivity contribution in [2.75, 3.05) is 33.5 Å². The summed E-state index contributed by atoms with van der Waals surface area (Å²) >= 11 is 0. The molecule has 0 aliphatic heterocycles. The zero-order chi connectivity index (χ0) is 12.3. The van der Waals surface area contributed by atoms with Crippen molar-refractivity contribution in [3.8, 4) is 5.75 Å². The Morgan fingerprint density at radius 2 is 1.88 bits per heavy atom. The van der Waals surface area contributed by atoms with Gasteiger partial charge < -0.3 is 19.9 Å². The Labute approximate surface area is 103 Å². The van der Waals surface area contributed by atoms with Gasteiger partial charge in [-0.15, -0.1) is 0 Å². The maximum Gasteiger partial charge on any atom is 0.115 e. The van der Waals surface area contributed by atoms with Gasteiger partial charge in [0.25, 0.3) is 0 Å². The van der Waals surface area contributed by atoms with Gasteiger partial charge in [0, 0.05) is 33.4 Å². The molecule has 0 radical (unpaired) electrons. The Hall–Kier alpha value is -1.10. The molecule has 0 saturated heterocycles. The molecule has 1 aromatic rings. The number of methoxy groups -OCH3 is 1. The molecule has 0 amide bonds. The molecule has 0 spiro atoms. The quantitative estimate of drug-likeness (QED) is 0.642. The lowest BCUT2D eigenvalue weighted by molar-refractivity contribution is 0.104. The second-order valence-electron chi connectivity index (χ2n) is 3.80. The number of benzene rings is 1. The van der Waals surface area contributed by atoms with Crippen LogP contribution in [0, 0.1) is 0 Å². The highest BCUT2D eigenvalue weighted by atomic mass is 16.5. The highest BCUT2D eigenvalue weighted by Crippen LogP contribution is 2.08. The van der Waals surface area contributed by atoms with Crippen LogP contribution in [0.4, 0.5) is 0 Å². The first-order chi connectivity index (χ1) is 8.33. The summed E-state index contributed by atoms with van der Waals surface area (Å²) in [6.45, 7) is 3.83. The van der Waals surface area contributed by atoms with Crippen LogP contribution in [0.3, 0.4) is 0 Å². The lowest BCUT2D eigenvalue weighted by atomic mass is 10.2. The topological polar surface area (TPSA) is 50.7 Å². The van der Waals surface area contributed by atoms with Crippen molar-refractivity contribution in [1.29, 1.82) is 0 Å². The van der Waals surface area contributed by atoms with Gasteiger partial charge in [0.05, 0.1) is 6.61 Å². The van der Waals surface area contributed by atoms with E-state index in [2.05, 4.69) is 5.32 Å². The third-order valence-corrected chi connectivity index (χ3v) is 2.33. The van der Waals surface area contributed by atoms with Crippen LogP contribution in [0.25, 0.3) is 0 Å². The van der Waals surface area contributed by atoms with E-state index in [-0.39, 0.29) is 0 Å². The molecule has 0 unspecified atom stereocenters. The molecular weight excluding hydrogens is 218 g/mol. The van der Waals surface area contributed by atoms with Crippen molar-refractivity contribution in [1.82, 2.24) is 5.32 Å². The summed E-state index contributed by atoms with van der Waals surface area (Å²) in [7, 11) is 1.69. The van der Waals surface area contributed by atoms with E-state index >= 15 is 0 Å². The number of rotatable bonds is 9. The largest absolute Gasteiger partial charge is 0.508 e. The van der Waals surface area contributed by atoms with E-state index in [0.717, 1.165) is 38.3 Å². The molecule has 0 bridgehead atoms. The Morgan fingerprint density at radius 3 is 2.59 bits per heavy atom. The molecule has 0 aromatic heterocycles. The molecule has 1 rings (SSSR count). The molecule has 0 saturated carbocycles. The Kier molecular flexibility index (Phi) is 7.38. The van der Waals surface area contributed by atoms with Crippen molar-refractivity contribution in [3.05, 3.63) is 29.8 Å². The number of nitrogens with one attached hydrogen (secondary N) is 1. The smallest absolute Gasteiger partial charge is 0.115 e. The second kappa shape index (κ2) is 8.98. The maximum atomic E-state index is 9.12. The van der Waals surface area contributed by atoms with Gasteiger partial charge in [0.1, 0.15) is 5.75 Å². The van der Waals surface area contributed by atoms with E-state index in [9.17, 15) is 0 Å². The van der Waals surface area contributed by atoms with Crippen LogP contribution in [0.15, 0.2) is 24.3 Å². The maximum absolute atomic E-state index is 9.12. The monoisotopic (exact) mass is 239 g/mol. The van der Waals surface area contributed by atoms with E-state index < -0.39 is 0 Å². The molecule has 4 heteroatoms. The number of phenols is 1. The number of hydrogen-bond acceptors (Lipinski definition) is 4. The number of hydrogen-bond donors (Lipinski definition) is 2. The predicted molar refractivity (Wildman–Crippen MR) is 67.1 cm³/mol. The third kappa shape index (κ3) is 6.94. The minimum Gasteiger partial charge on any atom is -0.508 e. The zero-order valence-corrected chi connectivity index (χ0v) is 10.3. The van der Waals surface area contributed by atoms with Gasteiger partial charge in [-0.25, -0.2) is 0 Å². The van der Waals surface area contributed by atoms with Crippen LogP contribution in [0.5, 0.6) is 5.75 Å². The van der Waals surface area contributed by atoms with E-state index in [4.69, 9.17) is 14.6 Å². The van der Waals surface area contributed by atoms with Crippen LogP contribution < -0.4 is 5.32 Å². The van der Waals surface area contributed by atoms with Crippen LogP contribution in [0.1, 0.15) is 12.0 Å². The van der Waals surface area contributed by atoms with Crippen LogP contribution in [0.2, 0.25) is 0 Å².